The number of carbonyl (C=O) groups is 1. The minimum Gasteiger partial charge on any atom is -0.329 e. The summed E-state index contributed by atoms with van der Waals surface area (Å²) in [6.07, 6.45) is 1.69. The summed E-state index contributed by atoms with van der Waals surface area (Å²) in [5.74, 6) is -0.0442. The van der Waals surface area contributed by atoms with E-state index in [9.17, 15) is 9.59 Å². The van der Waals surface area contributed by atoms with Gasteiger partial charge in [0.05, 0.1) is 0 Å². The van der Waals surface area contributed by atoms with Crippen molar-refractivity contribution in [3.05, 3.63) is 70.1 Å². The maximum Gasteiger partial charge on any atom is 0.251 e. The van der Waals surface area contributed by atoms with E-state index in [0.717, 1.165) is 0 Å². The van der Waals surface area contributed by atoms with Crippen LogP contribution in [0.4, 0.5) is 0 Å². The lowest BCUT2D eigenvalue weighted by molar-refractivity contribution is 0.0992. The Bertz CT molecular complexity index is 543. The van der Waals surface area contributed by atoms with E-state index >= 15 is 0 Å². The van der Waals surface area contributed by atoms with Gasteiger partial charge in [-0.15, -0.1) is 0 Å². The van der Waals surface area contributed by atoms with Gasteiger partial charge in [-0.05, 0) is 6.07 Å². The molecule has 80 valence electrons. The average Bonchev–Trinajstić information content (AvgIpc) is 2.33. The molecule has 0 aliphatic rings. The lowest BCUT2D eigenvalue weighted by Crippen LogP contribution is -2.15. The van der Waals surface area contributed by atoms with Gasteiger partial charge in [0.2, 0.25) is 0 Å². The summed E-state index contributed by atoms with van der Waals surface area (Å²) < 4.78 is 0. The van der Waals surface area contributed by atoms with E-state index in [1.165, 1.54) is 0 Å². The normalized spacial score (nSPS) is 10.0. The third-order valence-corrected chi connectivity index (χ3v) is 2.35. The quantitative estimate of drug-likeness (QED) is 0.790. The number of rotatable bonds is 3. The standard InChI is InChI=1S/C13H11NO2/c15-12(10-5-2-1-3-6-10)9-11-7-4-8-14-13(11)16/h1-8H,9H2,(H,14,16). The van der Waals surface area contributed by atoms with Crippen molar-refractivity contribution in [2.24, 2.45) is 0 Å². The van der Waals surface area contributed by atoms with E-state index in [-0.39, 0.29) is 17.8 Å². The smallest absolute Gasteiger partial charge is 0.251 e. The van der Waals surface area contributed by atoms with Gasteiger partial charge in [0.25, 0.3) is 5.56 Å². The zero-order valence-corrected chi connectivity index (χ0v) is 8.64. The highest BCUT2D eigenvalue weighted by molar-refractivity contribution is 5.97. The summed E-state index contributed by atoms with van der Waals surface area (Å²) in [7, 11) is 0. The SMILES string of the molecule is O=C(Cc1ccc[nH]c1=O)c1ccccc1. The van der Waals surface area contributed by atoms with Crippen LogP contribution in [0.3, 0.4) is 0 Å². The van der Waals surface area contributed by atoms with Crippen molar-refractivity contribution < 1.29 is 4.79 Å². The van der Waals surface area contributed by atoms with Crippen LogP contribution < -0.4 is 5.56 Å². The molecular formula is C13H11NO2. The molecule has 0 amide bonds. The largest absolute Gasteiger partial charge is 0.329 e. The second-order valence-corrected chi connectivity index (χ2v) is 3.49. The number of hydrogen-bond donors (Lipinski definition) is 1. The minimum atomic E-state index is -0.202. The van der Waals surface area contributed by atoms with Crippen molar-refractivity contribution >= 4 is 5.78 Å². The van der Waals surface area contributed by atoms with Crippen LogP contribution in [0.15, 0.2) is 53.5 Å². The molecule has 1 aromatic carbocycles. The molecule has 0 fully saturated rings. The van der Waals surface area contributed by atoms with Crippen LogP contribution in [0, 0.1) is 0 Å². The molecule has 3 nitrogen and oxygen atoms in total. The third kappa shape index (κ3) is 2.25. The average molecular weight is 213 g/mol. The van der Waals surface area contributed by atoms with Crippen LogP contribution in [-0.2, 0) is 6.42 Å². The number of aromatic nitrogens is 1. The van der Waals surface area contributed by atoms with Gasteiger partial charge in [-0.2, -0.15) is 0 Å². The summed E-state index contributed by atoms with van der Waals surface area (Å²) in [6.45, 7) is 0. The fourth-order valence-electron chi connectivity index (χ4n) is 1.49. The fraction of sp³-hybridized carbons (Fsp3) is 0.0769. The molecule has 0 spiro atoms. The lowest BCUT2D eigenvalue weighted by atomic mass is 10.0. The maximum atomic E-state index is 11.8. The molecule has 0 saturated carbocycles. The van der Waals surface area contributed by atoms with Gasteiger partial charge in [-0.25, -0.2) is 0 Å². The van der Waals surface area contributed by atoms with E-state index in [4.69, 9.17) is 0 Å². The Balaban J connectivity index is 2.21. The molecule has 0 unspecified atom stereocenters. The lowest BCUT2D eigenvalue weighted by Gasteiger charge is -1.99. The van der Waals surface area contributed by atoms with E-state index in [1.807, 2.05) is 18.2 Å². The molecular weight excluding hydrogens is 202 g/mol. The molecule has 1 N–H and O–H groups in total. The van der Waals surface area contributed by atoms with Crippen molar-refractivity contribution in [1.29, 1.82) is 0 Å². The predicted octanol–water partition coefficient (Wildman–Crippen LogP) is 1.80. The van der Waals surface area contributed by atoms with Crippen molar-refractivity contribution in [2.45, 2.75) is 6.42 Å². The minimum absolute atomic E-state index is 0.0442. The van der Waals surface area contributed by atoms with Crippen LogP contribution in [0.5, 0.6) is 0 Å². The molecule has 2 aromatic rings. The van der Waals surface area contributed by atoms with Crippen LogP contribution in [-0.4, -0.2) is 10.8 Å². The molecule has 1 heterocycles. The Labute approximate surface area is 92.8 Å². The Morgan fingerprint density at radius 1 is 1.06 bits per heavy atom. The van der Waals surface area contributed by atoms with E-state index in [1.54, 1.807) is 30.5 Å². The molecule has 0 saturated heterocycles. The molecule has 0 atom stereocenters. The van der Waals surface area contributed by atoms with Gasteiger partial charge < -0.3 is 4.98 Å². The Morgan fingerprint density at radius 2 is 1.81 bits per heavy atom. The van der Waals surface area contributed by atoms with Crippen molar-refractivity contribution in [2.75, 3.05) is 0 Å². The molecule has 0 aliphatic heterocycles. The van der Waals surface area contributed by atoms with Crippen LogP contribution in [0.1, 0.15) is 15.9 Å². The Morgan fingerprint density at radius 3 is 2.50 bits per heavy atom. The predicted molar refractivity (Wildman–Crippen MR) is 61.5 cm³/mol. The van der Waals surface area contributed by atoms with Gasteiger partial charge in [0.1, 0.15) is 0 Å². The van der Waals surface area contributed by atoms with Gasteiger partial charge in [0.15, 0.2) is 5.78 Å². The summed E-state index contributed by atoms with van der Waals surface area (Å²) >= 11 is 0. The molecule has 0 aliphatic carbocycles. The van der Waals surface area contributed by atoms with Crippen molar-refractivity contribution in [1.82, 2.24) is 4.98 Å². The number of aromatic amines is 1. The topological polar surface area (TPSA) is 49.9 Å². The zero-order chi connectivity index (χ0) is 11.4. The second kappa shape index (κ2) is 4.57. The molecule has 3 heteroatoms. The first-order valence-electron chi connectivity index (χ1n) is 5.02. The highest BCUT2D eigenvalue weighted by Gasteiger charge is 2.08. The first-order valence-corrected chi connectivity index (χ1v) is 5.02. The number of nitrogens with one attached hydrogen (secondary N) is 1. The molecule has 16 heavy (non-hydrogen) atoms. The number of pyridine rings is 1. The molecule has 2 rings (SSSR count). The number of ketones is 1. The first-order chi connectivity index (χ1) is 7.77. The number of Topliss-reactive ketones (excluding diaryl/α,β-unsaturated/α-hetero) is 1. The number of benzene rings is 1. The van der Waals surface area contributed by atoms with Gasteiger partial charge in [-0.3, -0.25) is 9.59 Å². The van der Waals surface area contributed by atoms with E-state index < -0.39 is 0 Å². The third-order valence-electron chi connectivity index (χ3n) is 2.35. The Hall–Kier alpha value is -2.16. The monoisotopic (exact) mass is 213 g/mol. The van der Waals surface area contributed by atoms with E-state index in [0.29, 0.717) is 11.1 Å². The summed E-state index contributed by atoms with van der Waals surface area (Å²) in [6, 6.07) is 12.4. The molecule has 0 bridgehead atoms. The summed E-state index contributed by atoms with van der Waals surface area (Å²) in [5.41, 5.74) is 0.925. The number of hydrogen-bond acceptors (Lipinski definition) is 2. The van der Waals surface area contributed by atoms with E-state index in [2.05, 4.69) is 4.98 Å². The van der Waals surface area contributed by atoms with Gasteiger partial charge in [-0.1, -0.05) is 36.4 Å². The summed E-state index contributed by atoms with van der Waals surface area (Å²) in [5, 5.41) is 0. The number of H-pyrrole nitrogens is 1. The van der Waals surface area contributed by atoms with Crippen molar-refractivity contribution in [3.8, 4) is 0 Å². The molecule has 1 aromatic heterocycles. The second-order valence-electron chi connectivity index (χ2n) is 3.49. The van der Waals surface area contributed by atoms with Gasteiger partial charge >= 0.3 is 0 Å². The number of carbonyl (C=O) groups excluding carboxylic acids is 1. The first kappa shape index (κ1) is 10.4. The zero-order valence-electron chi connectivity index (χ0n) is 8.64. The fourth-order valence-corrected chi connectivity index (χ4v) is 1.49. The van der Waals surface area contributed by atoms with Crippen molar-refractivity contribution in [3.63, 3.8) is 0 Å². The highest BCUT2D eigenvalue weighted by atomic mass is 16.1. The highest BCUT2D eigenvalue weighted by Crippen LogP contribution is 2.03. The Kier molecular flexibility index (Phi) is 2.96. The molecule has 0 radical (unpaired) electrons. The van der Waals surface area contributed by atoms with Gasteiger partial charge in [0, 0.05) is 23.7 Å². The van der Waals surface area contributed by atoms with Crippen LogP contribution in [0.25, 0.3) is 0 Å². The van der Waals surface area contributed by atoms with Crippen LogP contribution >= 0.6 is 0 Å². The summed E-state index contributed by atoms with van der Waals surface area (Å²) in [4.78, 5) is 25.7. The van der Waals surface area contributed by atoms with Crippen LogP contribution in [0.2, 0.25) is 0 Å². The maximum absolute atomic E-state index is 11.8.